The van der Waals surface area contributed by atoms with Gasteiger partial charge in [0.1, 0.15) is 0 Å². The lowest BCUT2D eigenvalue weighted by atomic mass is 9.63. The van der Waals surface area contributed by atoms with Gasteiger partial charge in [0, 0.05) is 0 Å². The van der Waals surface area contributed by atoms with Crippen LogP contribution in [0, 0.1) is 49.4 Å². The summed E-state index contributed by atoms with van der Waals surface area (Å²) in [7, 11) is 0. The molecule has 112 valence electrons. The molecule has 0 unspecified atom stereocenters. The highest BCUT2D eigenvalue weighted by atomic mass is 16.2. The van der Waals surface area contributed by atoms with Gasteiger partial charge in [0.2, 0.25) is 11.8 Å². The SMILES string of the molecule is Cc1ccc(C)c(N2C(=O)[C@@H]3[C@@H]4C=C[C@H]([C@@H]5C[C@H]45)[C@@H]3C2=O)c1. The highest BCUT2D eigenvalue weighted by Gasteiger charge is 2.67. The van der Waals surface area contributed by atoms with E-state index in [1.165, 1.54) is 11.3 Å². The maximum atomic E-state index is 13.0. The van der Waals surface area contributed by atoms with E-state index in [0.717, 1.165) is 16.8 Å². The summed E-state index contributed by atoms with van der Waals surface area (Å²) < 4.78 is 0. The Balaban J connectivity index is 1.62. The van der Waals surface area contributed by atoms with Gasteiger partial charge in [0.15, 0.2) is 0 Å². The first-order valence-corrected chi connectivity index (χ1v) is 8.21. The molecule has 6 rings (SSSR count). The van der Waals surface area contributed by atoms with Crippen molar-refractivity contribution in [2.75, 3.05) is 4.90 Å². The molecule has 0 spiro atoms. The lowest BCUT2D eigenvalue weighted by Crippen LogP contribution is -2.40. The van der Waals surface area contributed by atoms with E-state index in [4.69, 9.17) is 0 Å². The molecule has 0 radical (unpaired) electrons. The number of carbonyl (C=O) groups excluding carboxylic acids is 2. The quantitative estimate of drug-likeness (QED) is 0.590. The highest BCUT2D eigenvalue weighted by Crippen LogP contribution is 2.65. The number of hydrogen-bond acceptors (Lipinski definition) is 2. The number of imide groups is 1. The molecule has 0 N–H and O–H groups in total. The summed E-state index contributed by atoms with van der Waals surface area (Å²) in [5, 5.41) is 0. The van der Waals surface area contributed by atoms with Crippen molar-refractivity contribution in [2.45, 2.75) is 20.3 Å². The van der Waals surface area contributed by atoms with Crippen LogP contribution in [0.25, 0.3) is 0 Å². The number of rotatable bonds is 1. The molecule has 2 amide bonds. The first-order valence-electron chi connectivity index (χ1n) is 8.21. The molecule has 6 atom stereocenters. The number of nitrogens with zero attached hydrogens (tertiary/aromatic N) is 1. The Morgan fingerprint density at radius 3 is 2.14 bits per heavy atom. The van der Waals surface area contributed by atoms with E-state index in [-0.39, 0.29) is 23.7 Å². The minimum Gasteiger partial charge on any atom is -0.274 e. The topological polar surface area (TPSA) is 37.4 Å². The Morgan fingerprint density at radius 1 is 0.955 bits per heavy atom. The van der Waals surface area contributed by atoms with E-state index >= 15 is 0 Å². The largest absolute Gasteiger partial charge is 0.274 e. The number of benzene rings is 1. The highest BCUT2D eigenvalue weighted by molar-refractivity contribution is 6.23. The Bertz CT molecular complexity index is 714. The maximum Gasteiger partial charge on any atom is 0.238 e. The average molecular weight is 293 g/mol. The molecule has 3 fully saturated rings. The van der Waals surface area contributed by atoms with Crippen molar-refractivity contribution in [2.24, 2.45) is 35.5 Å². The Hall–Kier alpha value is -1.90. The van der Waals surface area contributed by atoms with Gasteiger partial charge < -0.3 is 0 Å². The van der Waals surface area contributed by atoms with Crippen molar-refractivity contribution in [3.8, 4) is 0 Å². The van der Waals surface area contributed by atoms with E-state index in [0.29, 0.717) is 23.7 Å². The van der Waals surface area contributed by atoms with Crippen LogP contribution in [0.3, 0.4) is 0 Å². The molecule has 1 heterocycles. The average Bonchev–Trinajstić information content (AvgIpc) is 3.28. The second-order valence-electron chi connectivity index (χ2n) is 7.46. The third-order valence-electron chi connectivity index (χ3n) is 6.27. The zero-order valence-corrected chi connectivity index (χ0v) is 12.8. The Kier molecular flexibility index (Phi) is 2.23. The zero-order valence-electron chi connectivity index (χ0n) is 12.8. The number of aryl methyl sites for hydroxylation is 2. The number of amides is 2. The summed E-state index contributed by atoms with van der Waals surface area (Å²) in [5.41, 5.74) is 2.87. The van der Waals surface area contributed by atoms with E-state index in [2.05, 4.69) is 12.2 Å². The lowest BCUT2D eigenvalue weighted by molar-refractivity contribution is -0.124. The Labute approximate surface area is 130 Å². The molecule has 2 saturated carbocycles. The van der Waals surface area contributed by atoms with E-state index in [1.54, 1.807) is 0 Å². The third kappa shape index (κ3) is 1.37. The first-order chi connectivity index (χ1) is 10.6. The van der Waals surface area contributed by atoms with Crippen LogP contribution in [0.2, 0.25) is 0 Å². The normalized spacial score (nSPS) is 40.9. The van der Waals surface area contributed by atoms with Crippen molar-refractivity contribution in [3.05, 3.63) is 41.5 Å². The van der Waals surface area contributed by atoms with Gasteiger partial charge in [0.05, 0.1) is 17.5 Å². The molecule has 2 bridgehead atoms. The molecule has 1 aromatic rings. The molecule has 22 heavy (non-hydrogen) atoms. The van der Waals surface area contributed by atoms with Crippen molar-refractivity contribution < 1.29 is 9.59 Å². The predicted octanol–water partition coefficient (Wildman–Crippen LogP) is 2.86. The maximum absolute atomic E-state index is 13.0. The molecule has 3 heteroatoms. The van der Waals surface area contributed by atoms with Crippen molar-refractivity contribution >= 4 is 17.5 Å². The molecule has 1 saturated heterocycles. The standard InChI is InChI=1S/C19H19NO2/c1-9-3-4-10(2)15(7-9)20-18(21)16-11-5-6-12(14-8-13(11)14)17(16)19(20)22/h3-7,11-14,16-17H,8H2,1-2H3/t11-,12-,13-,14+,16-,17+/m1/s1. The summed E-state index contributed by atoms with van der Waals surface area (Å²) in [6, 6.07) is 5.99. The summed E-state index contributed by atoms with van der Waals surface area (Å²) >= 11 is 0. The zero-order chi connectivity index (χ0) is 15.2. The van der Waals surface area contributed by atoms with Gasteiger partial charge in [-0.3, -0.25) is 9.59 Å². The monoisotopic (exact) mass is 293 g/mol. The number of allylic oxidation sites excluding steroid dienone is 2. The molecular formula is C19H19NO2. The van der Waals surface area contributed by atoms with Gasteiger partial charge in [-0.2, -0.15) is 0 Å². The van der Waals surface area contributed by atoms with Crippen LogP contribution in [-0.4, -0.2) is 11.8 Å². The van der Waals surface area contributed by atoms with Crippen LogP contribution >= 0.6 is 0 Å². The van der Waals surface area contributed by atoms with Gasteiger partial charge >= 0.3 is 0 Å². The van der Waals surface area contributed by atoms with Crippen molar-refractivity contribution in [1.29, 1.82) is 0 Å². The molecule has 0 aromatic heterocycles. The fourth-order valence-electron chi connectivity index (χ4n) is 5.15. The van der Waals surface area contributed by atoms with Crippen LogP contribution < -0.4 is 4.90 Å². The lowest BCUT2D eigenvalue weighted by Gasteiger charge is -2.37. The van der Waals surface area contributed by atoms with E-state index in [1.807, 2.05) is 32.0 Å². The fraction of sp³-hybridized carbons (Fsp3) is 0.474. The van der Waals surface area contributed by atoms with Gasteiger partial charge in [-0.25, -0.2) is 4.90 Å². The van der Waals surface area contributed by atoms with Gasteiger partial charge in [0.25, 0.3) is 0 Å². The molecule has 3 nitrogen and oxygen atoms in total. The molecule has 1 aromatic carbocycles. The van der Waals surface area contributed by atoms with Crippen LogP contribution in [0.4, 0.5) is 5.69 Å². The number of carbonyl (C=O) groups is 2. The minimum atomic E-state index is -0.105. The third-order valence-corrected chi connectivity index (χ3v) is 6.27. The first kappa shape index (κ1) is 12.6. The summed E-state index contributed by atoms with van der Waals surface area (Å²) in [4.78, 5) is 27.6. The van der Waals surface area contributed by atoms with E-state index in [9.17, 15) is 9.59 Å². The van der Waals surface area contributed by atoms with Crippen molar-refractivity contribution in [1.82, 2.24) is 0 Å². The summed E-state index contributed by atoms with van der Waals surface area (Å²) in [6.07, 6.45) is 5.65. The van der Waals surface area contributed by atoms with Crippen LogP contribution in [0.15, 0.2) is 30.4 Å². The van der Waals surface area contributed by atoms with Crippen LogP contribution in [0.1, 0.15) is 17.5 Å². The van der Waals surface area contributed by atoms with Gasteiger partial charge in [-0.15, -0.1) is 0 Å². The summed E-state index contributed by atoms with van der Waals surface area (Å²) in [5.74, 6) is 1.77. The van der Waals surface area contributed by atoms with E-state index < -0.39 is 0 Å². The van der Waals surface area contributed by atoms with Crippen LogP contribution in [0.5, 0.6) is 0 Å². The van der Waals surface area contributed by atoms with Gasteiger partial charge in [-0.05, 0) is 61.1 Å². The smallest absolute Gasteiger partial charge is 0.238 e. The predicted molar refractivity (Wildman–Crippen MR) is 83.1 cm³/mol. The summed E-state index contributed by atoms with van der Waals surface area (Å²) in [6.45, 7) is 3.98. The Morgan fingerprint density at radius 2 is 1.55 bits per heavy atom. The van der Waals surface area contributed by atoms with Crippen LogP contribution in [-0.2, 0) is 9.59 Å². The molecule has 4 aliphatic carbocycles. The minimum absolute atomic E-state index is 0.0356. The van der Waals surface area contributed by atoms with Crippen molar-refractivity contribution in [3.63, 3.8) is 0 Å². The molecule has 5 aliphatic rings. The fourth-order valence-corrected chi connectivity index (χ4v) is 5.15. The number of anilines is 1. The second-order valence-corrected chi connectivity index (χ2v) is 7.46. The number of hydrogen-bond donors (Lipinski definition) is 0. The van der Waals surface area contributed by atoms with Gasteiger partial charge in [-0.1, -0.05) is 24.3 Å². The molecule has 1 aliphatic heterocycles. The molecular weight excluding hydrogens is 274 g/mol. The second kappa shape index (κ2) is 3.89.